The molecule has 220 valence electrons. The van der Waals surface area contributed by atoms with Crippen molar-refractivity contribution < 1.29 is 19.4 Å². The van der Waals surface area contributed by atoms with Crippen LogP contribution in [0.25, 0.3) is 22.2 Å². The van der Waals surface area contributed by atoms with Crippen molar-refractivity contribution in [2.75, 3.05) is 6.61 Å². The van der Waals surface area contributed by atoms with E-state index in [1.165, 1.54) is 25.7 Å². The van der Waals surface area contributed by atoms with E-state index in [0.29, 0.717) is 5.56 Å². The number of benzene rings is 3. The number of pyridine rings is 1. The van der Waals surface area contributed by atoms with Crippen LogP contribution in [0.1, 0.15) is 81.3 Å². The normalized spacial score (nSPS) is 12.2. The molecule has 4 rings (SSSR count). The van der Waals surface area contributed by atoms with E-state index in [4.69, 9.17) is 9.72 Å². The standard InChI is InChI=1S/C36H42N2O4/c1-5-6-7-8-9-22-42-30-19-21-32-28(24-30)16-20-31(37-32)26-12-10-25(11-13-26)23-33(35(40)41)38-34(39)27-14-17-29(18-15-27)36(2,3)4/h10-21,24,33H,5-9,22-23H2,1-4H3,(H,38,39)(H,40,41). The van der Waals surface area contributed by atoms with E-state index in [1.807, 2.05) is 66.7 Å². The number of nitrogens with zero attached hydrogens (tertiary/aromatic N) is 1. The molecule has 2 N–H and O–H groups in total. The van der Waals surface area contributed by atoms with Crippen molar-refractivity contribution in [2.45, 2.75) is 77.7 Å². The van der Waals surface area contributed by atoms with E-state index >= 15 is 0 Å². The maximum atomic E-state index is 12.8. The maximum Gasteiger partial charge on any atom is 0.326 e. The van der Waals surface area contributed by atoms with Crippen molar-refractivity contribution in [1.82, 2.24) is 10.3 Å². The van der Waals surface area contributed by atoms with Gasteiger partial charge in [0.05, 0.1) is 17.8 Å². The summed E-state index contributed by atoms with van der Waals surface area (Å²) in [5.74, 6) is -0.617. The van der Waals surface area contributed by atoms with Crippen molar-refractivity contribution in [3.63, 3.8) is 0 Å². The van der Waals surface area contributed by atoms with Crippen LogP contribution in [-0.2, 0) is 16.6 Å². The van der Waals surface area contributed by atoms with Crippen molar-refractivity contribution in [3.05, 3.63) is 95.6 Å². The summed E-state index contributed by atoms with van der Waals surface area (Å²) in [6, 6.07) is 23.9. The van der Waals surface area contributed by atoms with Crippen LogP contribution in [0.5, 0.6) is 5.75 Å². The van der Waals surface area contributed by atoms with Crippen LogP contribution < -0.4 is 10.1 Å². The van der Waals surface area contributed by atoms with Crippen LogP contribution in [-0.4, -0.2) is 34.6 Å². The van der Waals surface area contributed by atoms with Crippen LogP contribution in [0.4, 0.5) is 0 Å². The fourth-order valence-corrected chi connectivity index (χ4v) is 4.86. The van der Waals surface area contributed by atoms with Gasteiger partial charge in [0.2, 0.25) is 0 Å². The molecule has 1 aromatic heterocycles. The molecule has 0 radical (unpaired) electrons. The highest BCUT2D eigenvalue weighted by Crippen LogP contribution is 2.25. The number of hydrogen-bond acceptors (Lipinski definition) is 4. The monoisotopic (exact) mass is 566 g/mol. The third-order valence-corrected chi connectivity index (χ3v) is 7.48. The molecule has 0 spiro atoms. The number of carboxylic acid groups (broad SMARTS) is 1. The second kappa shape index (κ2) is 14.1. The lowest BCUT2D eigenvalue weighted by Gasteiger charge is -2.19. The Balaban J connectivity index is 1.37. The molecule has 1 heterocycles. The maximum absolute atomic E-state index is 12.8. The van der Waals surface area contributed by atoms with E-state index in [1.54, 1.807) is 12.1 Å². The minimum Gasteiger partial charge on any atom is -0.494 e. The van der Waals surface area contributed by atoms with Gasteiger partial charge in [-0.25, -0.2) is 9.78 Å². The number of ether oxygens (including phenoxy) is 1. The zero-order valence-corrected chi connectivity index (χ0v) is 25.2. The highest BCUT2D eigenvalue weighted by atomic mass is 16.5. The Morgan fingerprint density at radius 2 is 1.60 bits per heavy atom. The molecule has 1 unspecified atom stereocenters. The van der Waals surface area contributed by atoms with E-state index in [2.05, 4.69) is 33.0 Å². The molecule has 6 nitrogen and oxygen atoms in total. The third kappa shape index (κ3) is 8.41. The average molecular weight is 567 g/mol. The van der Waals surface area contributed by atoms with Gasteiger partial charge in [-0.3, -0.25) is 4.79 Å². The van der Waals surface area contributed by atoms with Gasteiger partial charge in [-0.05, 0) is 59.4 Å². The first-order valence-corrected chi connectivity index (χ1v) is 14.9. The minimum absolute atomic E-state index is 0.0292. The molecule has 3 aromatic carbocycles. The highest BCUT2D eigenvalue weighted by Gasteiger charge is 2.22. The Kier molecular flexibility index (Phi) is 10.3. The summed E-state index contributed by atoms with van der Waals surface area (Å²) in [7, 11) is 0. The van der Waals surface area contributed by atoms with Gasteiger partial charge in [0.25, 0.3) is 5.91 Å². The summed E-state index contributed by atoms with van der Waals surface area (Å²) in [4.78, 5) is 29.6. The molecule has 1 atom stereocenters. The van der Waals surface area contributed by atoms with Crippen LogP contribution in [0.15, 0.2) is 78.9 Å². The van der Waals surface area contributed by atoms with Gasteiger partial charge in [-0.1, -0.05) is 95.8 Å². The minimum atomic E-state index is -1.07. The molecule has 0 aliphatic rings. The molecule has 1 amide bonds. The van der Waals surface area contributed by atoms with E-state index < -0.39 is 17.9 Å². The molecule has 4 aromatic rings. The first-order chi connectivity index (χ1) is 20.1. The molecular weight excluding hydrogens is 524 g/mol. The summed E-state index contributed by atoms with van der Waals surface area (Å²) >= 11 is 0. The fourth-order valence-electron chi connectivity index (χ4n) is 4.86. The van der Waals surface area contributed by atoms with Crippen molar-refractivity contribution in [3.8, 4) is 17.0 Å². The average Bonchev–Trinajstić information content (AvgIpc) is 2.98. The number of hydrogen-bond donors (Lipinski definition) is 2. The molecular formula is C36H42N2O4. The number of aromatic nitrogens is 1. The quantitative estimate of drug-likeness (QED) is 0.160. The van der Waals surface area contributed by atoms with Crippen molar-refractivity contribution in [1.29, 1.82) is 0 Å². The molecule has 0 fully saturated rings. The fraction of sp³-hybridized carbons (Fsp3) is 0.361. The van der Waals surface area contributed by atoms with Crippen LogP contribution in [0.3, 0.4) is 0 Å². The molecule has 42 heavy (non-hydrogen) atoms. The zero-order valence-electron chi connectivity index (χ0n) is 25.2. The summed E-state index contributed by atoms with van der Waals surface area (Å²) in [6.07, 6.45) is 6.22. The summed E-state index contributed by atoms with van der Waals surface area (Å²) in [5, 5.41) is 13.5. The number of carbonyl (C=O) groups is 2. The van der Waals surface area contributed by atoms with E-state index in [-0.39, 0.29) is 11.8 Å². The van der Waals surface area contributed by atoms with Crippen molar-refractivity contribution >= 4 is 22.8 Å². The number of nitrogens with one attached hydrogen (secondary N) is 1. The van der Waals surface area contributed by atoms with E-state index in [0.717, 1.165) is 52.1 Å². The Hall–Kier alpha value is -4.19. The van der Waals surface area contributed by atoms with Crippen LogP contribution >= 0.6 is 0 Å². The lowest BCUT2D eigenvalue weighted by molar-refractivity contribution is -0.139. The van der Waals surface area contributed by atoms with Crippen LogP contribution in [0, 0.1) is 0 Å². The number of aliphatic carboxylic acids is 1. The molecule has 0 aliphatic carbocycles. The highest BCUT2D eigenvalue weighted by molar-refractivity contribution is 5.96. The topological polar surface area (TPSA) is 88.5 Å². The largest absolute Gasteiger partial charge is 0.494 e. The number of amides is 1. The van der Waals surface area contributed by atoms with Gasteiger partial charge in [0.1, 0.15) is 11.8 Å². The summed E-state index contributed by atoms with van der Waals surface area (Å²) in [6.45, 7) is 9.25. The number of unbranched alkanes of at least 4 members (excludes halogenated alkanes) is 4. The number of rotatable bonds is 13. The molecule has 0 saturated carbocycles. The molecule has 0 aliphatic heterocycles. The smallest absolute Gasteiger partial charge is 0.326 e. The Bertz CT molecular complexity index is 1490. The third-order valence-electron chi connectivity index (χ3n) is 7.48. The van der Waals surface area contributed by atoms with Gasteiger partial charge in [-0.2, -0.15) is 0 Å². The molecule has 0 saturated heterocycles. The summed E-state index contributed by atoms with van der Waals surface area (Å²) in [5.41, 5.74) is 4.98. The lowest BCUT2D eigenvalue weighted by atomic mass is 9.86. The van der Waals surface area contributed by atoms with Gasteiger partial charge >= 0.3 is 5.97 Å². The lowest BCUT2D eigenvalue weighted by Crippen LogP contribution is -2.42. The van der Waals surface area contributed by atoms with Gasteiger partial charge in [0, 0.05) is 22.9 Å². The predicted octanol–water partition coefficient (Wildman–Crippen LogP) is 7.97. The number of fused-ring (bicyclic) bond motifs is 1. The zero-order chi connectivity index (χ0) is 30.1. The van der Waals surface area contributed by atoms with Crippen LogP contribution in [0.2, 0.25) is 0 Å². The van der Waals surface area contributed by atoms with Gasteiger partial charge in [0.15, 0.2) is 0 Å². The van der Waals surface area contributed by atoms with Gasteiger partial charge < -0.3 is 15.2 Å². The first-order valence-electron chi connectivity index (χ1n) is 14.9. The Morgan fingerprint density at radius 1 is 0.881 bits per heavy atom. The van der Waals surface area contributed by atoms with Crippen molar-refractivity contribution in [2.24, 2.45) is 0 Å². The van der Waals surface area contributed by atoms with E-state index in [9.17, 15) is 14.7 Å². The van der Waals surface area contributed by atoms with Gasteiger partial charge in [-0.15, -0.1) is 0 Å². The number of carbonyl (C=O) groups excluding carboxylic acids is 1. The predicted molar refractivity (Wildman–Crippen MR) is 169 cm³/mol. The first kappa shape index (κ1) is 30.8. The molecule has 6 heteroatoms. The molecule has 0 bridgehead atoms. The Morgan fingerprint density at radius 3 is 2.26 bits per heavy atom. The summed E-state index contributed by atoms with van der Waals surface area (Å²) < 4.78 is 5.94. The second-order valence-electron chi connectivity index (χ2n) is 11.9. The SMILES string of the molecule is CCCCCCCOc1ccc2nc(-c3ccc(CC(NC(=O)c4ccc(C(C)(C)C)cc4)C(=O)O)cc3)ccc2c1. The second-order valence-corrected chi connectivity index (χ2v) is 11.9. The Labute approximate surface area is 249 Å². The number of carboxylic acids is 1.